The summed E-state index contributed by atoms with van der Waals surface area (Å²) < 4.78 is 0. The lowest BCUT2D eigenvalue weighted by atomic mass is 10.1. The van der Waals surface area contributed by atoms with E-state index < -0.39 is 0 Å². The molecule has 0 spiro atoms. The van der Waals surface area contributed by atoms with Crippen molar-refractivity contribution in [2.75, 3.05) is 17.2 Å². The number of nitrogen functional groups attached to an aromatic ring is 3. The number of nitrogens with one attached hydrogen (secondary N) is 1. The van der Waals surface area contributed by atoms with E-state index in [1.54, 1.807) is 38.1 Å². The molecule has 37 heavy (non-hydrogen) atoms. The van der Waals surface area contributed by atoms with Crippen molar-refractivity contribution in [2.24, 2.45) is 5.16 Å². The monoisotopic (exact) mass is 623 g/mol. The lowest BCUT2D eigenvalue weighted by molar-refractivity contribution is 0.101. The Bertz CT molecular complexity index is 1220. The van der Waals surface area contributed by atoms with Crippen LogP contribution in [0.15, 0.2) is 41.6 Å². The first kappa shape index (κ1) is 32.6. The highest BCUT2D eigenvalue weighted by molar-refractivity contribution is 6.40. The van der Waals surface area contributed by atoms with E-state index in [0.717, 1.165) is 0 Å². The molecule has 7 nitrogen and oxygen atoms in total. The molecule has 0 bridgehead atoms. The van der Waals surface area contributed by atoms with E-state index in [4.69, 9.17) is 97.4 Å². The van der Waals surface area contributed by atoms with E-state index in [1.165, 1.54) is 19.1 Å². The molecular formula is C24H23Cl6N5O2. The van der Waals surface area contributed by atoms with Crippen LogP contribution >= 0.6 is 69.6 Å². The maximum atomic E-state index is 10.9. The first-order valence-corrected chi connectivity index (χ1v) is 12.4. The Kier molecular flexibility index (Phi) is 12.8. The number of benzene rings is 3. The summed E-state index contributed by atoms with van der Waals surface area (Å²) in [6.45, 7) is 4.74. The van der Waals surface area contributed by atoms with Crippen LogP contribution in [0, 0.1) is 5.41 Å². The predicted octanol–water partition coefficient (Wildman–Crippen LogP) is 8.52. The van der Waals surface area contributed by atoms with Gasteiger partial charge in [-0.25, -0.2) is 0 Å². The number of hydrogen-bond donors (Lipinski definition) is 5. The van der Waals surface area contributed by atoms with Crippen molar-refractivity contribution >= 4 is 104 Å². The van der Waals surface area contributed by atoms with Gasteiger partial charge in [-0.15, -0.1) is 0 Å². The molecule has 3 rings (SSSR count). The zero-order valence-corrected chi connectivity index (χ0v) is 24.3. The molecule has 0 heterocycles. The van der Waals surface area contributed by atoms with Gasteiger partial charge < -0.3 is 27.8 Å². The molecule has 0 amide bonds. The van der Waals surface area contributed by atoms with Crippen LogP contribution in [0.5, 0.6) is 0 Å². The molecule has 198 valence electrons. The van der Waals surface area contributed by atoms with Gasteiger partial charge in [0.1, 0.15) is 0 Å². The summed E-state index contributed by atoms with van der Waals surface area (Å²) in [7, 11) is 0. The number of ketones is 1. The average molecular weight is 626 g/mol. The van der Waals surface area contributed by atoms with Gasteiger partial charge in [-0.2, -0.15) is 0 Å². The number of anilines is 3. The lowest BCUT2D eigenvalue weighted by Gasteiger charge is -2.04. The Hall–Kier alpha value is -2.39. The molecule has 0 aliphatic carbocycles. The third-order valence-electron chi connectivity index (χ3n) is 4.64. The standard InChI is InChI=1S/C8H8Cl2N2O.C8H8Cl2N2.C8H7Cl2NO/c1-4(12-13)5-2-6(9)8(11)7(10)3-5;1-4(11)5-2-6(9)8(12)7(10)3-5;1-4(12)5-2-6(9)8(11)7(10)3-5/h2-3,13H,11H2,1H3;2-3,11H,12H2,1H3;2-3H,11H2,1H3. The number of carbonyl (C=O) groups is 1. The molecule has 3 aromatic carbocycles. The molecule has 0 fully saturated rings. The minimum absolute atomic E-state index is 0.0844. The number of halogens is 6. The number of hydrogen-bond acceptors (Lipinski definition) is 7. The molecule has 0 aliphatic heterocycles. The summed E-state index contributed by atoms with van der Waals surface area (Å²) in [5, 5.41) is 21.0. The van der Waals surface area contributed by atoms with Gasteiger partial charge in [-0.05, 0) is 62.7 Å². The Morgan fingerprint density at radius 3 is 1.16 bits per heavy atom. The quantitative estimate of drug-likeness (QED) is 0.0649. The van der Waals surface area contributed by atoms with Crippen molar-refractivity contribution in [3.8, 4) is 0 Å². The van der Waals surface area contributed by atoms with Crippen LogP contribution in [-0.2, 0) is 0 Å². The van der Waals surface area contributed by atoms with Crippen molar-refractivity contribution in [3.05, 3.63) is 83.2 Å². The summed E-state index contributed by atoms with van der Waals surface area (Å²) in [6.07, 6.45) is 0. The smallest absolute Gasteiger partial charge is 0.159 e. The van der Waals surface area contributed by atoms with E-state index in [9.17, 15) is 4.79 Å². The highest BCUT2D eigenvalue weighted by atomic mass is 35.5. The van der Waals surface area contributed by atoms with Gasteiger partial charge in [0.25, 0.3) is 0 Å². The minimum atomic E-state index is -0.0844. The van der Waals surface area contributed by atoms with E-state index in [0.29, 0.717) is 75.3 Å². The molecule has 3 aromatic rings. The third kappa shape index (κ3) is 9.45. The van der Waals surface area contributed by atoms with Crippen molar-refractivity contribution in [3.63, 3.8) is 0 Å². The third-order valence-corrected chi connectivity index (χ3v) is 6.52. The normalized spacial score (nSPS) is 10.6. The lowest BCUT2D eigenvalue weighted by Crippen LogP contribution is -1.97. The number of nitrogens with two attached hydrogens (primary N) is 3. The second-order valence-electron chi connectivity index (χ2n) is 7.43. The van der Waals surface area contributed by atoms with Gasteiger partial charge >= 0.3 is 0 Å². The van der Waals surface area contributed by atoms with Crippen molar-refractivity contribution in [1.82, 2.24) is 0 Å². The van der Waals surface area contributed by atoms with Crippen LogP contribution in [0.2, 0.25) is 30.1 Å². The predicted molar refractivity (Wildman–Crippen MR) is 159 cm³/mol. The number of carbonyl (C=O) groups excluding carboxylic acids is 1. The van der Waals surface area contributed by atoms with Crippen molar-refractivity contribution < 1.29 is 10.0 Å². The maximum Gasteiger partial charge on any atom is 0.159 e. The van der Waals surface area contributed by atoms with Crippen LogP contribution in [0.1, 0.15) is 42.3 Å². The summed E-state index contributed by atoms with van der Waals surface area (Å²) >= 11 is 34.5. The van der Waals surface area contributed by atoms with Gasteiger partial charge in [-0.3, -0.25) is 4.79 Å². The summed E-state index contributed by atoms with van der Waals surface area (Å²) in [4.78, 5) is 10.9. The number of oxime groups is 1. The first-order chi connectivity index (χ1) is 17.1. The zero-order valence-electron chi connectivity index (χ0n) is 19.8. The number of Topliss-reactive ketones (excluding diaryl/α,β-unsaturated/α-hetero) is 1. The van der Waals surface area contributed by atoms with E-state index >= 15 is 0 Å². The van der Waals surface area contributed by atoms with Crippen LogP contribution in [-0.4, -0.2) is 22.4 Å². The molecule has 0 saturated carbocycles. The molecule has 8 N–H and O–H groups in total. The molecule has 0 radical (unpaired) electrons. The van der Waals surface area contributed by atoms with Crippen molar-refractivity contribution in [2.45, 2.75) is 20.8 Å². The minimum Gasteiger partial charge on any atom is -0.411 e. The second-order valence-corrected chi connectivity index (χ2v) is 9.87. The first-order valence-electron chi connectivity index (χ1n) is 10.1. The van der Waals surface area contributed by atoms with Gasteiger partial charge in [-0.1, -0.05) is 74.8 Å². The van der Waals surface area contributed by atoms with Crippen molar-refractivity contribution in [1.29, 1.82) is 5.41 Å². The fourth-order valence-corrected chi connectivity index (χ4v) is 3.90. The number of rotatable bonds is 3. The molecular weight excluding hydrogens is 603 g/mol. The molecule has 0 unspecified atom stereocenters. The van der Waals surface area contributed by atoms with E-state index in [2.05, 4.69) is 5.16 Å². The highest BCUT2D eigenvalue weighted by Crippen LogP contribution is 2.30. The molecule has 13 heteroatoms. The average Bonchev–Trinajstić information content (AvgIpc) is 2.83. The largest absolute Gasteiger partial charge is 0.411 e. The molecule has 0 aromatic heterocycles. The van der Waals surface area contributed by atoms with Gasteiger partial charge in [0.15, 0.2) is 5.78 Å². The SMILES string of the molecule is CC(=N)c1cc(Cl)c(N)c(Cl)c1.CC(=NO)c1cc(Cl)c(N)c(Cl)c1.CC(=O)c1cc(Cl)c(N)c(Cl)c1. The zero-order chi connectivity index (χ0) is 28.6. The summed E-state index contributed by atoms with van der Waals surface area (Å²) in [5.41, 5.74) is 20.2. The van der Waals surface area contributed by atoms with E-state index in [-0.39, 0.29) is 5.78 Å². The maximum absolute atomic E-state index is 10.9. The fraction of sp³-hybridized carbons (Fsp3) is 0.125. The fourth-order valence-electron chi connectivity index (χ4n) is 2.44. The molecule has 0 saturated heterocycles. The Balaban J connectivity index is 0.000000278. The van der Waals surface area contributed by atoms with Gasteiger partial charge in [0.2, 0.25) is 0 Å². The topological polar surface area (TPSA) is 152 Å². The van der Waals surface area contributed by atoms with Crippen LogP contribution in [0.25, 0.3) is 0 Å². The Morgan fingerprint density at radius 2 is 0.919 bits per heavy atom. The van der Waals surface area contributed by atoms with Crippen LogP contribution in [0.4, 0.5) is 17.1 Å². The van der Waals surface area contributed by atoms with Crippen LogP contribution in [0.3, 0.4) is 0 Å². The van der Waals surface area contributed by atoms with Gasteiger partial charge in [0.05, 0.1) is 52.9 Å². The highest BCUT2D eigenvalue weighted by Gasteiger charge is 2.08. The number of nitrogens with zero attached hydrogens (tertiary/aromatic N) is 1. The second kappa shape index (κ2) is 14.5. The van der Waals surface area contributed by atoms with E-state index in [1.807, 2.05) is 0 Å². The van der Waals surface area contributed by atoms with Crippen LogP contribution < -0.4 is 17.2 Å². The summed E-state index contributed by atoms with van der Waals surface area (Å²) in [6, 6.07) is 9.46. The van der Waals surface area contributed by atoms with Gasteiger partial charge in [0, 0.05) is 16.8 Å². The molecule has 0 aliphatic rings. The summed E-state index contributed by atoms with van der Waals surface area (Å²) in [5.74, 6) is -0.0844. The Morgan fingerprint density at radius 1 is 0.649 bits per heavy atom. The molecule has 0 atom stereocenters. The Labute approximate surface area is 244 Å².